The first-order valence-electron chi connectivity index (χ1n) is 5.25. The van der Waals surface area contributed by atoms with Crippen LogP contribution in [0.5, 0.6) is 0 Å². The Bertz CT molecular complexity index is 531. The molecule has 0 spiro atoms. The number of nitro groups is 1. The van der Waals surface area contributed by atoms with Gasteiger partial charge in [0.25, 0.3) is 11.6 Å². The molecule has 1 aromatic carbocycles. The van der Waals surface area contributed by atoms with E-state index in [1.165, 1.54) is 19.0 Å². The second kappa shape index (κ2) is 5.89. The number of benzene rings is 1. The van der Waals surface area contributed by atoms with Gasteiger partial charge in [0.15, 0.2) is 0 Å². The molecule has 0 bridgehead atoms. The van der Waals surface area contributed by atoms with Crippen LogP contribution in [0.3, 0.4) is 0 Å². The number of hydrogen-bond donors (Lipinski definition) is 1. The Hall–Kier alpha value is -2.51. The molecule has 1 rings (SSSR count). The highest BCUT2D eigenvalue weighted by Gasteiger charge is 2.21. The molecule has 0 atom stereocenters. The highest BCUT2D eigenvalue weighted by molar-refractivity contribution is 5.99. The number of nitro benzene ring substituents is 1. The number of carbonyl (C=O) groups is 2. The fourth-order valence-electron chi connectivity index (χ4n) is 1.26. The fraction of sp³-hybridized carbons (Fsp3) is 0.273. The highest BCUT2D eigenvalue weighted by atomic mass is 19.1. The standard InChI is InChI=1S/C11H12FN3O4/c1-14(2)10(16)6-13-11(17)8-5-7(12)3-4-9(8)15(18)19/h3-5H,6H2,1-2H3,(H,13,17). The largest absolute Gasteiger partial charge is 0.347 e. The number of likely N-dealkylation sites (N-methyl/N-ethyl adjacent to an activating group) is 1. The zero-order valence-corrected chi connectivity index (χ0v) is 10.3. The summed E-state index contributed by atoms with van der Waals surface area (Å²) in [5, 5.41) is 12.9. The first-order chi connectivity index (χ1) is 8.82. The van der Waals surface area contributed by atoms with Crippen molar-refractivity contribution in [3.63, 3.8) is 0 Å². The van der Waals surface area contributed by atoms with Crippen LogP contribution >= 0.6 is 0 Å². The number of nitrogens with zero attached hydrogens (tertiary/aromatic N) is 2. The molecule has 0 aliphatic heterocycles. The molecule has 0 saturated heterocycles. The van der Waals surface area contributed by atoms with Crippen LogP contribution < -0.4 is 5.32 Å². The molecule has 0 unspecified atom stereocenters. The van der Waals surface area contributed by atoms with Crippen molar-refractivity contribution in [2.24, 2.45) is 0 Å². The summed E-state index contributed by atoms with van der Waals surface area (Å²) in [6.07, 6.45) is 0. The number of halogens is 1. The van der Waals surface area contributed by atoms with Gasteiger partial charge in [-0.15, -0.1) is 0 Å². The lowest BCUT2D eigenvalue weighted by Gasteiger charge is -2.11. The Morgan fingerprint density at radius 3 is 2.58 bits per heavy atom. The van der Waals surface area contributed by atoms with Crippen LogP contribution in [0.2, 0.25) is 0 Å². The second-order valence-corrected chi connectivity index (χ2v) is 3.89. The van der Waals surface area contributed by atoms with Gasteiger partial charge in [0, 0.05) is 20.2 Å². The maximum Gasteiger partial charge on any atom is 0.282 e. The minimum absolute atomic E-state index is 0.320. The van der Waals surface area contributed by atoms with E-state index in [0.717, 1.165) is 18.2 Å². The summed E-state index contributed by atoms with van der Waals surface area (Å²) in [7, 11) is 3.00. The average Bonchev–Trinajstić information content (AvgIpc) is 2.34. The summed E-state index contributed by atoms with van der Waals surface area (Å²) in [5.41, 5.74) is -0.937. The Balaban J connectivity index is 2.90. The van der Waals surface area contributed by atoms with Gasteiger partial charge in [-0.3, -0.25) is 19.7 Å². The normalized spacial score (nSPS) is 9.84. The van der Waals surface area contributed by atoms with Crippen molar-refractivity contribution in [1.29, 1.82) is 0 Å². The van der Waals surface area contributed by atoms with Crippen molar-refractivity contribution in [2.45, 2.75) is 0 Å². The summed E-state index contributed by atoms with van der Waals surface area (Å²) in [4.78, 5) is 34.1. The van der Waals surface area contributed by atoms with Crippen molar-refractivity contribution in [3.8, 4) is 0 Å². The van der Waals surface area contributed by atoms with Crippen LogP contribution in [-0.2, 0) is 4.79 Å². The van der Waals surface area contributed by atoms with E-state index >= 15 is 0 Å². The van der Waals surface area contributed by atoms with E-state index in [2.05, 4.69) is 5.32 Å². The zero-order chi connectivity index (χ0) is 14.6. The predicted molar refractivity (Wildman–Crippen MR) is 64.1 cm³/mol. The number of hydrogen-bond acceptors (Lipinski definition) is 4. The van der Waals surface area contributed by atoms with Gasteiger partial charge in [-0.25, -0.2) is 4.39 Å². The lowest BCUT2D eigenvalue weighted by atomic mass is 10.1. The minimum Gasteiger partial charge on any atom is -0.347 e. The summed E-state index contributed by atoms with van der Waals surface area (Å²) < 4.78 is 13.0. The lowest BCUT2D eigenvalue weighted by Crippen LogP contribution is -2.36. The molecule has 8 heteroatoms. The molecular weight excluding hydrogens is 257 g/mol. The maximum atomic E-state index is 13.0. The predicted octanol–water partition coefficient (Wildman–Crippen LogP) is 0.552. The SMILES string of the molecule is CN(C)C(=O)CNC(=O)c1cc(F)ccc1[N+](=O)[O-]. The Kier molecular flexibility index (Phi) is 4.51. The van der Waals surface area contributed by atoms with Crippen molar-refractivity contribution in [2.75, 3.05) is 20.6 Å². The van der Waals surface area contributed by atoms with Crippen LogP contribution in [-0.4, -0.2) is 42.3 Å². The van der Waals surface area contributed by atoms with Gasteiger partial charge in [0.1, 0.15) is 11.4 Å². The van der Waals surface area contributed by atoms with Crippen molar-refractivity contribution in [1.82, 2.24) is 10.2 Å². The average molecular weight is 269 g/mol. The molecule has 0 heterocycles. The quantitative estimate of drug-likeness (QED) is 0.638. The van der Waals surface area contributed by atoms with Crippen molar-refractivity contribution >= 4 is 17.5 Å². The van der Waals surface area contributed by atoms with Gasteiger partial charge in [0.05, 0.1) is 11.5 Å². The zero-order valence-electron chi connectivity index (χ0n) is 10.3. The first-order valence-corrected chi connectivity index (χ1v) is 5.25. The molecule has 1 aromatic rings. The smallest absolute Gasteiger partial charge is 0.282 e. The maximum absolute atomic E-state index is 13.0. The van der Waals surface area contributed by atoms with Crippen molar-refractivity contribution in [3.05, 3.63) is 39.7 Å². The number of nitrogens with one attached hydrogen (secondary N) is 1. The van der Waals surface area contributed by atoms with Crippen molar-refractivity contribution < 1.29 is 18.9 Å². The molecule has 7 nitrogen and oxygen atoms in total. The molecule has 0 fully saturated rings. The van der Waals surface area contributed by atoms with E-state index in [4.69, 9.17) is 0 Å². The summed E-state index contributed by atoms with van der Waals surface area (Å²) in [6, 6.07) is 2.55. The molecule has 0 saturated carbocycles. The third-order valence-corrected chi connectivity index (χ3v) is 2.30. The van der Waals surface area contributed by atoms with Gasteiger partial charge in [0.2, 0.25) is 5.91 Å². The first kappa shape index (κ1) is 14.6. The Labute approximate surface area is 108 Å². The van der Waals surface area contributed by atoms with Gasteiger partial charge in [-0.05, 0) is 12.1 Å². The molecule has 0 aromatic heterocycles. The molecule has 0 aliphatic carbocycles. The molecule has 1 N–H and O–H groups in total. The van der Waals surface area contributed by atoms with E-state index in [1.807, 2.05) is 0 Å². The van der Waals surface area contributed by atoms with E-state index in [1.54, 1.807) is 0 Å². The Morgan fingerprint density at radius 2 is 2.05 bits per heavy atom. The molecule has 102 valence electrons. The summed E-state index contributed by atoms with van der Waals surface area (Å²) in [5.74, 6) is -2.02. The summed E-state index contributed by atoms with van der Waals surface area (Å²) >= 11 is 0. The topological polar surface area (TPSA) is 92.6 Å². The van der Waals surface area contributed by atoms with Crippen LogP contribution in [0.4, 0.5) is 10.1 Å². The number of amides is 2. The third kappa shape index (κ3) is 3.73. The van der Waals surface area contributed by atoms with Gasteiger partial charge in [-0.1, -0.05) is 0 Å². The van der Waals surface area contributed by atoms with Crippen LogP contribution in [0.1, 0.15) is 10.4 Å². The molecule has 2 amide bonds. The van der Waals surface area contributed by atoms with E-state index in [0.29, 0.717) is 0 Å². The summed E-state index contributed by atoms with van der Waals surface area (Å²) in [6.45, 7) is -0.320. The van der Waals surface area contributed by atoms with Gasteiger partial charge < -0.3 is 10.2 Å². The Morgan fingerprint density at radius 1 is 1.42 bits per heavy atom. The number of carbonyl (C=O) groups excluding carboxylic acids is 2. The second-order valence-electron chi connectivity index (χ2n) is 3.89. The van der Waals surface area contributed by atoms with E-state index < -0.39 is 27.9 Å². The van der Waals surface area contributed by atoms with Gasteiger partial charge in [-0.2, -0.15) is 0 Å². The minimum atomic E-state index is -0.874. The molecular formula is C11H12FN3O4. The highest BCUT2D eigenvalue weighted by Crippen LogP contribution is 2.19. The van der Waals surface area contributed by atoms with Crippen LogP contribution in [0.25, 0.3) is 0 Å². The van der Waals surface area contributed by atoms with Gasteiger partial charge >= 0.3 is 0 Å². The van der Waals surface area contributed by atoms with E-state index in [-0.39, 0.29) is 12.5 Å². The molecule has 19 heavy (non-hydrogen) atoms. The molecule has 0 aliphatic rings. The third-order valence-electron chi connectivity index (χ3n) is 2.30. The lowest BCUT2D eigenvalue weighted by molar-refractivity contribution is -0.385. The van der Waals surface area contributed by atoms with E-state index in [9.17, 15) is 24.1 Å². The monoisotopic (exact) mass is 269 g/mol. The fourth-order valence-corrected chi connectivity index (χ4v) is 1.26. The van der Waals surface area contributed by atoms with Crippen LogP contribution in [0, 0.1) is 15.9 Å². The number of rotatable bonds is 4. The molecule has 0 radical (unpaired) electrons. The van der Waals surface area contributed by atoms with Crippen LogP contribution in [0.15, 0.2) is 18.2 Å².